The summed E-state index contributed by atoms with van der Waals surface area (Å²) < 4.78 is 1.08. The number of hydrogen-bond donors (Lipinski definition) is 0. The average Bonchev–Trinajstić information content (AvgIpc) is 2.17. The lowest BCUT2D eigenvalue weighted by atomic mass is 9.95. The number of carbonyl (C=O) groups is 1. The van der Waals surface area contributed by atoms with Crippen LogP contribution < -0.4 is 0 Å². The Balaban J connectivity index is 2.68. The fourth-order valence-electron chi connectivity index (χ4n) is 1.49. The Kier molecular flexibility index (Phi) is 2.43. The van der Waals surface area contributed by atoms with Crippen LogP contribution in [0.4, 0.5) is 5.69 Å². The highest BCUT2D eigenvalue weighted by Crippen LogP contribution is 2.32. The second-order valence-corrected chi connectivity index (χ2v) is 4.60. The third-order valence-corrected chi connectivity index (χ3v) is 3.78. The van der Waals surface area contributed by atoms with Crippen LogP contribution in [0.3, 0.4) is 0 Å². The van der Waals surface area contributed by atoms with E-state index in [9.17, 15) is 4.79 Å². The Morgan fingerprint density at radius 3 is 2.86 bits per heavy atom. The van der Waals surface area contributed by atoms with Gasteiger partial charge < -0.3 is 0 Å². The summed E-state index contributed by atoms with van der Waals surface area (Å²) in [7, 11) is 0. The minimum Gasteiger partial charge on any atom is -0.293 e. The van der Waals surface area contributed by atoms with Gasteiger partial charge in [0.25, 0.3) is 0 Å². The van der Waals surface area contributed by atoms with Crippen LogP contribution in [0.15, 0.2) is 17.1 Å². The van der Waals surface area contributed by atoms with Crippen LogP contribution in [0, 0.1) is 16.4 Å². The largest absolute Gasteiger partial charge is 0.293 e. The van der Waals surface area contributed by atoms with Gasteiger partial charge in [-0.1, -0.05) is 13.0 Å². The van der Waals surface area contributed by atoms with Gasteiger partial charge in [-0.25, -0.2) is 0 Å². The molecule has 3 heteroatoms. The van der Waals surface area contributed by atoms with E-state index in [2.05, 4.69) is 27.6 Å². The molecule has 1 unspecified atom stereocenters. The molecule has 1 aromatic carbocycles. The third kappa shape index (κ3) is 1.39. The first-order chi connectivity index (χ1) is 6.61. The maximum Gasteiger partial charge on any atom is 0.173 e. The SMILES string of the molecule is Cc1ccc2c(c1I)N=CC(C)C2=O. The number of rotatable bonds is 0. The van der Waals surface area contributed by atoms with Crippen molar-refractivity contribution < 1.29 is 4.79 Å². The van der Waals surface area contributed by atoms with Crippen molar-refractivity contribution in [1.82, 2.24) is 0 Å². The molecule has 14 heavy (non-hydrogen) atoms. The lowest BCUT2D eigenvalue weighted by Gasteiger charge is -2.15. The van der Waals surface area contributed by atoms with Crippen molar-refractivity contribution in [3.8, 4) is 0 Å². The molecule has 1 aliphatic rings. The molecule has 0 radical (unpaired) electrons. The van der Waals surface area contributed by atoms with Crippen LogP contribution in [0.2, 0.25) is 0 Å². The first-order valence-corrected chi connectivity index (χ1v) is 5.56. The first-order valence-electron chi connectivity index (χ1n) is 4.48. The molecule has 0 fully saturated rings. The molecule has 0 amide bonds. The van der Waals surface area contributed by atoms with Crippen LogP contribution >= 0.6 is 22.6 Å². The molecular weight excluding hydrogens is 289 g/mol. The second kappa shape index (κ2) is 3.46. The normalized spacial score (nSPS) is 19.6. The van der Waals surface area contributed by atoms with Gasteiger partial charge in [0.15, 0.2) is 5.78 Å². The Hall–Kier alpha value is -0.710. The summed E-state index contributed by atoms with van der Waals surface area (Å²) in [6.07, 6.45) is 1.73. The number of Topliss-reactive ketones (excluding diaryl/α,β-unsaturated/α-hetero) is 1. The summed E-state index contributed by atoms with van der Waals surface area (Å²) in [5.74, 6) is 0.0916. The zero-order valence-electron chi connectivity index (χ0n) is 8.04. The van der Waals surface area contributed by atoms with Gasteiger partial charge in [0.05, 0.1) is 11.6 Å². The maximum atomic E-state index is 11.8. The number of carbonyl (C=O) groups excluding carboxylic acids is 1. The molecule has 2 rings (SSSR count). The molecular formula is C11H10INO. The Morgan fingerprint density at radius 2 is 2.14 bits per heavy atom. The summed E-state index contributed by atoms with van der Waals surface area (Å²) >= 11 is 2.24. The smallest absolute Gasteiger partial charge is 0.173 e. The van der Waals surface area contributed by atoms with E-state index in [4.69, 9.17) is 0 Å². The molecule has 1 atom stereocenters. The molecule has 1 aromatic rings. The van der Waals surface area contributed by atoms with E-state index in [1.807, 2.05) is 26.0 Å². The van der Waals surface area contributed by atoms with E-state index in [0.29, 0.717) is 0 Å². The third-order valence-electron chi connectivity index (χ3n) is 2.42. The van der Waals surface area contributed by atoms with Crippen LogP contribution in [0.25, 0.3) is 0 Å². The quantitative estimate of drug-likeness (QED) is 0.677. The van der Waals surface area contributed by atoms with Crippen molar-refractivity contribution in [3.63, 3.8) is 0 Å². The molecule has 0 saturated carbocycles. The van der Waals surface area contributed by atoms with Gasteiger partial charge in [-0.2, -0.15) is 0 Å². The summed E-state index contributed by atoms with van der Waals surface area (Å²) in [6, 6.07) is 3.86. The van der Waals surface area contributed by atoms with Gasteiger partial charge in [0.1, 0.15) is 0 Å². The summed E-state index contributed by atoms with van der Waals surface area (Å²) in [5, 5.41) is 0. The molecule has 0 saturated heterocycles. The van der Waals surface area contributed by atoms with Crippen LogP contribution in [-0.4, -0.2) is 12.0 Å². The Morgan fingerprint density at radius 1 is 1.43 bits per heavy atom. The molecule has 0 bridgehead atoms. The van der Waals surface area contributed by atoms with Gasteiger partial charge in [0.2, 0.25) is 0 Å². The summed E-state index contributed by atoms with van der Waals surface area (Å²) in [5.41, 5.74) is 2.77. The van der Waals surface area contributed by atoms with Crippen molar-refractivity contribution in [3.05, 3.63) is 26.8 Å². The van der Waals surface area contributed by atoms with Crippen molar-refractivity contribution in [2.75, 3.05) is 0 Å². The standard InChI is InChI=1S/C11H10INO/c1-6-3-4-8-10(9(6)12)13-5-7(2)11(8)14/h3-5,7H,1-2H3. The lowest BCUT2D eigenvalue weighted by Crippen LogP contribution is -2.16. The van der Waals surface area contributed by atoms with E-state index < -0.39 is 0 Å². The second-order valence-electron chi connectivity index (χ2n) is 3.52. The van der Waals surface area contributed by atoms with Crippen molar-refractivity contribution in [2.24, 2.45) is 10.9 Å². The molecule has 0 aliphatic carbocycles. The number of fused-ring (bicyclic) bond motifs is 1. The van der Waals surface area contributed by atoms with Crippen molar-refractivity contribution in [2.45, 2.75) is 13.8 Å². The molecule has 1 heterocycles. The summed E-state index contributed by atoms with van der Waals surface area (Å²) in [4.78, 5) is 16.1. The monoisotopic (exact) mass is 299 g/mol. The number of aliphatic imine (C=N–C) groups is 1. The number of halogens is 1. The van der Waals surface area contributed by atoms with Crippen molar-refractivity contribution >= 4 is 40.3 Å². The van der Waals surface area contributed by atoms with Gasteiger partial charge in [-0.3, -0.25) is 9.79 Å². The van der Waals surface area contributed by atoms with Crippen LogP contribution in [0.1, 0.15) is 22.8 Å². The van der Waals surface area contributed by atoms with Gasteiger partial charge in [-0.05, 0) is 41.1 Å². The van der Waals surface area contributed by atoms with Crippen LogP contribution in [-0.2, 0) is 0 Å². The molecule has 0 aromatic heterocycles. The minimum absolute atomic E-state index is 0.0824. The van der Waals surface area contributed by atoms with Crippen LogP contribution in [0.5, 0.6) is 0 Å². The number of aryl methyl sites for hydroxylation is 1. The predicted molar refractivity (Wildman–Crippen MR) is 65.5 cm³/mol. The molecule has 2 nitrogen and oxygen atoms in total. The Labute approximate surface area is 96.6 Å². The van der Waals surface area contributed by atoms with E-state index in [1.165, 1.54) is 5.56 Å². The molecule has 0 N–H and O–H groups in total. The fourth-order valence-corrected chi connectivity index (χ4v) is 2.10. The van der Waals surface area contributed by atoms with Gasteiger partial charge in [0, 0.05) is 15.3 Å². The highest BCUT2D eigenvalue weighted by molar-refractivity contribution is 14.1. The van der Waals surface area contributed by atoms with Gasteiger partial charge in [-0.15, -0.1) is 0 Å². The average molecular weight is 299 g/mol. The van der Waals surface area contributed by atoms with Gasteiger partial charge >= 0.3 is 0 Å². The summed E-state index contributed by atoms with van der Waals surface area (Å²) in [6.45, 7) is 3.90. The zero-order chi connectivity index (χ0) is 10.3. The Bertz CT molecular complexity index is 437. The number of benzene rings is 1. The topological polar surface area (TPSA) is 29.4 Å². The van der Waals surface area contributed by atoms with E-state index >= 15 is 0 Å². The molecule has 72 valence electrons. The highest BCUT2D eigenvalue weighted by Gasteiger charge is 2.22. The zero-order valence-corrected chi connectivity index (χ0v) is 10.2. The van der Waals surface area contributed by atoms with Crippen molar-refractivity contribution in [1.29, 1.82) is 0 Å². The van der Waals surface area contributed by atoms with E-state index in [-0.39, 0.29) is 11.7 Å². The molecule has 0 spiro atoms. The maximum absolute atomic E-state index is 11.8. The highest BCUT2D eigenvalue weighted by atomic mass is 127. The first kappa shape index (κ1) is 9.83. The molecule has 1 aliphatic heterocycles. The fraction of sp³-hybridized carbons (Fsp3) is 0.273. The minimum atomic E-state index is -0.0824. The lowest BCUT2D eigenvalue weighted by molar-refractivity contribution is 0.0962. The van der Waals surface area contributed by atoms with E-state index in [0.717, 1.165) is 14.8 Å². The number of ketones is 1. The van der Waals surface area contributed by atoms with E-state index in [1.54, 1.807) is 6.21 Å². The predicted octanol–water partition coefficient (Wildman–Crippen LogP) is 3.13. The number of hydrogen-bond acceptors (Lipinski definition) is 2. The number of nitrogens with zero attached hydrogens (tertiary/aromatic N) is 1.